The second-order valence-corrected chi connectivity index (χ2v) is 5.02. The summed E-state index contributed by atoms with van der Waals surface area (Å²) in [4.78, 5) is 4.70. The summed E-state index contributed by atoms with van der Waals surface area (Å²) in [6.45, 7) is 2.12. The van der Waals surface area contributed by atoms with Crippen LogP contribution in [0, 0.1) is 0 Å². The molecule has 0 unspecified atom stereocenters. The molecule has 1 aliphatic rings. The van der Waals surface area contributed by atoms with Gasteiger partial charge in [-0.15, -0.1) is 11.3 Å². The molecule has 88 valence electrons. The van der Waals surface area contributed by atoms with Gasteiger partial charge in [0.15, 0.2) is 0 Å². The van der Waals surface area contributed by atoms with Crippen LogP contribution in [0.15, 0.2) is 29.6 Å². The summed E-state index contributed by atoms with van der Waals surface area (Å²) in [5.74, 6) is 1.49. The lowest BCUT2D eigenvalue weighted by molar-refractivity contribution is 0.415. The molecule has 0 spiro atoms. The van der Waals surface area contributed by atoms with E-state index in [2.05, 4.69) is 22.8 Å². The molecule has 2 aromatic rings. The Balaban J connectivity index is 1.84. The molecule has 0 atom stereocenters. The minimum Gasteiger partial charge on any atom is -0.497 e. The van der Waals surface area contributed by atoms with Crippen LogP contribution in [-0.2, 0) is 0 Å². The Morgan fingerprint density at radius 3 is 2.65 bits per heavy atom. The van der Waals surface area contributed by atoms with Gasteiger partial charge in [0.2, 0.25) is 0 Å². The molecule has 1 aromatic carbocycles. The highest BCUT2D eigenvalue weighted by molar-refractivity contribution is 7.13. The molecule has 1 saturated heterocycles. The van der Waals surface area contributed by atoms with Crippen LogP contribution < -0.4 is 10.1 Å². The molecule has 1 aliphatic heterocycles. The van der Waals surface area contributed by atoms with Gasteiger partial charge in [-0.25, -0.2) is 4.98 Å². The van der Waals surface area contributed by atoms with Gasteiger partial charge in [0, 0.05) is 30.0 Å². The Hall–Kier alpha value is -1.39. The minimum atomic E-state index is 0.609. The third kappa shape index (κ3) is 2.06. The molecule has 0 amide bonds. The fraction of sp³-hybridized carbons (Fsp3) is 0.308. The standard InChI is InChI=1S/C13H14N2OS/c1-16-11-4-2-9(3-5-11)13-15-12(8-17-13)10-6-14-7-10/h2-5,8,10,14H,6-7H2,1H3. The van der Waals surface area contributed by atoms with Crippen LogP contribution in [0.25, 0.3) is 10.6 Å². The molecule has 1 aromatic heterocycles. The maximum atomic E-state index is 5.15. The van der Waals surface area contributed by atoms with E-state index in [-0.39, 0.29) is 0 Å². The molecule has 0 radical (unpaired) electrons. The maximum Gasteiger partial charge on any atom is 0.123 e. The van der Waals surface area contributed by atoms with E-state index in [0.717, 1.165) is 29.4 Å². The van der Waals surface area contributed by atoms with Gasteiger partial charge in [0.05, 0.1) is 12.8 Å². The van der Waals surface area contributed by atoms with Crippen molar-refractivity contribution in [3.8, 4) is 16.3 Å². The number of aromatic nitrogens is 1. The monoisotopic (exact) mass is 246 g/mol. The van der Waals surface area contributed by atoms with Crippen molar-refractivity contribution < 1.29 is 4.74 Å². The van der Waals surface area contributed by atoms with Gasteiger partial charge >= 0.3 is 0 Å². The van der Waals surface area contributed by atoms with Crippen molar-refractivity contribution in [1.29, 1.82) is 0 Å². The Morgan fingerprint density at radius 1 is 1.29 bits per heavy atom. The average Bonchev–Trinajstić information content (AvgIpc) is 2.76. The number of methoxy groups -OCH3 is 1. The highest BCUT2D eigenvalue weighted by Gasteiger charge is 2.21. The van der Waals surface area contributed by atoms with Gasteiger partial charge < -0.3 is 10.1 Å². The number of benzene rings is 1. The van der Waals surface area contributed by atoms with Crippen molar-refractivity contribution in [2.24, 2.45) is 0 Å². The van der Waals surface area contributed by atoms with Crippen molar-refractivity contribution in [2.75, 3.05) is 20.2 Å². The van der Waals surface area contributed by atoms with Crippen LogP contribution in [0.5, 0.6) is 5.75 Å². The second kappa shape index (κ2) is 4.47. The number of ether oxygens (including phenoxy) is 1. The van der Waals surface area contributed by atoms with Gasteiger partial charge in [-0.05, 0) is 24.3 Å². The molecule has 2 heterocycles. The molecule has 3 rings (SSSR count). The van der Waals surface area contributed by atoms with Crippen LogP contribution in [0.4, 0.5) is 0 Å². The first kappa shape index (κ1) is 10.7. The summed E-state index contributed by atoms with van der Waals surface area (Å²) in [5.41, 5.74) is 2.38. The average molecular weight is 246 g/mol. The fourth-order valence-corrected chi connectivity index (χ4v) is 2.75. The molecule has 0 bridgehead atoms. The fourth-order valence-electron chi connectivity index (χ4n) is 1.84. The molecule has 17 heavy (non-hydrogen) atoms. The normalized spacial score (nSPS) is 15.6. The second-order valence-electron chi connectivity index (χ2n) is 4.16. The Kier molecular flexibility index (Phi) is 2.82. The van der Waals surface area contributed by atoms with Crippen LogP contribution in [0.2, 0.25) is 0 Å². The van der Waals surface area contributed by atoms with Crippen molar-refractivity contribution in [1.82, 2.24) is 10.3 Å². The SMILES string of the molecule is COc1ccc(-c2nc(C3CNC3)cs2)cc1. The van der Waals surface area contributed by atoms with Gasteiger partial charge in [-0.3, -0.25) is 0 Å². The van der Waals surface area contributed by atoms with E-state index in [1.165, 1.54) is 5.69 Å². The molecule has 0 saturated carbocycles. The summed E-state index contributed by atoms with van der Waals surface area (Å²) in [5, 5.41) is 6.54. The topological polar surface area (TPSA) is 34.1 Å². The molecular weight excluding hydrogens is 232 g/mol. The van der Waals surface area contributed by atoms with Crippen molar-refractivity contribution in [2.45, 2.75) is 5.92 Å². The van der Waals surface area contributed by atoms with Gasteiger partial charge in [0.25, 0.3) is 0 Å². The van der Waals surface area contributed by atoms with E-state index in [0.29, 0.717) is 5.92 Å². The summed E-state index contributed by atoms with van der Waals surface area (Å²) >= 11 is 1.71. The minimum absolute atomic E-state index is 0.609. The summed E-state index contributed by atoms with van der Waals surface area (Å²) in [7, 11) is 1.68. The van der Waals surface area contributed by atoms with E-state index in [4.69, 9.17) is 9.72 Å². The quantitative estimate of drug-likeness (QED) is 0.903. The number of rotatable bonds is 3. The maximum absolute atomic E-state index is 5.15. The zero-order valence-corrected chi connectivity index (χ0v) is 10.5. The van der Waals surface area contributed by atoms with E-state index in [1.54, 1.807) is 18.4 Å². The first-order valence-corrected chi connectivity index (χ1v) is 6.55. The van der Waals surface area contributed by atoms with E-state index in [9.17, 15) is 0 Å². The number of nitrogens with one attached hydrogen (secondary N) is 1. The van der Waals surface area contributed by atoms with Crippen LogP contribution in [0.1, 0.15) is 11.6 Å². The predicted molar refractivity (Wildman–Crippen MR) is 69.7 cm³/mol. The molecule has 1 fully saturated rings. The predicted octanol–water partition coefficient (Wildman–Crippen LogP) is 2.51. The van der Waals surface area contributed by atoms with E-state index >= 15 is 0 Å². The number of thiazole rings is 1. The number of hydrogen-bond acceptors (Lipinski definition) is 4. The van der Waals surface area contributed by atoms with E-state index in [1.807, 2.05) is 12.1 Å². The highest BCUT2D eigenvalue weighted by atomic mass is 32.1. The number of nitrogens with zero attached hydrogens (tertiary/aromatic N) is 1. The molecule has 4 heteroatoms. The summed E-state index contributed by atoms with van der Waals surface area (Å²) < 4.78 is 5.15. The third-order valence-electron chi connectivity index (χ3n) is 3.06. The molecule has 1 N–H and O–H groups in total. The van der Waals surface area contributed by atoms with Crippen molar-refractivity contribution >= 4 is 11.3 Å². The van der Waals surface area contributed by atoms with Gasteiger partial charge in [0.1, 0.15) is 10.8 Å². The lowest BCUT2D eigenvalue weighted by Crippen LogP contribution is -2.40. The third-order valence-corrected chi connectivity index (χ3v) is 3.97. The smallest absolute Gasteiger partial charge is 0.123 e. The van der Waals surface area contributed by atoms with Crippen LogP contribution >= 0.6 is 11.3 Å². The summed E-state index contributed by atoms with van der Waals surface area (Å²) in [6.07, 6.45) is 0. The Morgan fingerprint density at radius 2 is 2.06 bits per heavy atom. The van der Waals surface area contributed by atoms with Crippen molar-refractivity contribution in [3.63, 3.8) is 0 Å². The van der Waals surface area contributed by atoms with Crippen LogP contribution in [0.3, 0.4) is 0 Å². The lowest BCUT2D eigenvalue weighted by atomic mass is 10.0. The van der Waals surface area contributed by atoms with Gasteiger partial charge in [-0.2, -0.15) is 0 Å². The Labute approximate surface area is 104 Å². The summed E-state index contributed by atoms with van der Waals surface area (Å²) in [6, 6.07) is 8.06. The highest BCUT2D eigenvalue weighted by Crippen LogP contribution is 2.29. The largest absolute Gasteiger partial charge is 0.497 e. The molecular formula is C13H14N2OS. The number of hydrogen-bond donors (Lipinski definition) is 1. The lowest BCUT2D eigenvalue weighted by Gasteiger charge is -2.25. The first-order valence-electron chi connectivity index (χ1n) is 5.67. The molecule has 3 nitrogen and oxygen atoms in total. The molecule has 0 aliphatic carbocycles. The van der Waals surface area contributed by atoms with Crippen molar-refractivity contribution in [3.05, 3.63) is 35.3 Å². The van der Waals surface area contributed by atoms with Crippen LogP contribution in [-0.4, -0.2) is 25.2 Å². The van der Waals surface area contributed by atoms with Gasteiger partial charge in [-0.1, -0.05) is 0 Å². The first-order chi connectivity index (χ1) is 8.36. The van der Waals surface area contributed by atoms with E-state index < -0.39 is 0 Å². The Bertz CT molecular complexity index is 502. The zero-order chi connectivity index (χ0) is 11.7. The zero-order valence-electron chi connectivity index (χ0n) is 9.64.